The number of hydrogen-bond acceptors (Lipinski definition) is 3. The van der Waals surface area contributed by atoms with Gasteiger partial charge in [-0.05, 0) is 61.4 Å². The predicted octanol–water partition coefficient (Wildman–Crippen LogP) is 7.64. The fourth-order valence-corrected chi connectivity index (χ4v) is 3.69. The fourth-order valence-electron chi connectivity index (χ4n) is 3.69. The molecule has 3 nitrogen and oxygen atoms in total. The maximum Gasteiger partial charge on any atom is 0.312 e. The van der Waals surface area contributed by atoms with Gasteiger partial charge in [0.05, 0.1) is 5.41 Å². The molecule has 0 heterocycles. The molecule has 0 amide bonds. The van der Waals surface area contributed by atoms with Crippen molar-refractivity contribution in [3.63, 3.8) is 0 Å². The highest BCUT2D eigenvalue weighted by Crippen LogP contribution is 2.45. The van der Waals surface area contributed by atoms with Gasteiger partial charge >= 0.3 is 5.97 Å². The minimum absolute atomic E-state index is 0.137. The molecule has 0 radical (unpaired) electrons. The lowest BCUT2D eigenvalue weighted by Crippen LogP contribution is -2.27. The normalized spacial score (nSPS) is 13.4. The van der Waals surface area contributed by atoms with Gasteiger partial charge in [0.25, 0.3) is 0 Å². The van der Waals surface area contributed by atoms with E-state index in [1.807, 2.05) is 69.3 Å². The van der Waals surface area contributed by atoms with E-state index in [0.717, 1.165) is 24.0 Å². The maximum absolute atomic E-state index is 12.4. The van der Waals surface area contributed by atoms with Crippen molar-refractivity contribution in [2.45, 2.75) is 59.5 Å². The second kappa shape index (κ2) is 10.0. The summed E-state index contributed by atoms with van der Waals surface area (Å²) in [6.45, 7) is 10.2. The first kappa shape index (κ1) is 23.6. The van der Waals surface area contributed by atoms with Crippen LogP contribution in [0, 0.1) is 5.41 Å². The molecule has 1 aliphatic carbocycles. The summed E-state index contributed by atoms with van der Waals surface area (Å²) in [7, 11) is 0. The standard InChI is InChI=1S/C19H20O2.C10H14O/c1-4-19(2,3)18(20)21-17-15-11-7-5-9-13(15)14-10-6-8-12-16(14)17;1-3-8(2)9-4-6-10(11)7-5-9/h5-12,17H,4H2,1-3H3;4-8,11H,3H2,1-2H3. The number of phenolic OH excluding ortho intramolecular Hbond substituents is 1. The molecule has 0 aromatic heterocycles. The van der Waals surface area contributed by atoms with E-state index in [2.05, 4.69) is 26.0 Å². The van der Waals surface area contributed by atoms with E-state index in [1.165, 1.54) is 16.7 Å². The first-order valence-electron chi connectivity index (χ1n) is 11.5. The van der Waals surface area contributed by atoms with E-state index in [0.29, 0.717) is 11.7 Å². The number of phenols is 1. The molecule has 168 valence electrons. The second-order valence-corrected chi connectivity index (χ2v) is 9.10. The van der Waals surface area contributed by atoms with Gasteiger partial charge in [-0.2, -0.15) is 0 Å². The van der Waals surface area contributed by atoms with Gasteiger partial charge < -0.3 is 9.84 Å². The van der Waals surface area contributed by atoms with E-state index in [-0.39, 0.29) is 12.1 Å². The Morgan fingerprint density at radius 1 is 0.906 bits per heavy atom. The molecule has 1 N–H and O–H groups in total. The molecular formula is C29H34O3. The Bertz CT molecular complexity index is 1000. The number of fused-ring (bicyclic) bond motifs is 3. The van der Waals surface area contributed by atoms with Crippen molar-refractivity contribution < 1.29 is 14.6 Å². The highest BCUT2D eigenvalue weighted by molar-refractivity contribution is 5.81. The average molecular weight is 431 g/mol. The molecule has 4 rings (SSSR count). The predicted molar refractivity (Wildman–Crippen MR) is 131 cm³/mol. The van der Waals surface area contributed by atoms with Crippen LogP contribution in [0.5, 0.6) is 5.75 Å². The SMILES string of the molecule is CCC(C)(C)C(=O)OC1c2ccccc2-c2ccccc21.CCC(C)c1ccc(O)cc1. The number of ether oxygens (including phenoxy) is 1. The molecule has 0 fully saturated rings. The molecule has 0 bridgehead atoms. The van der Waals surface area contributed by atoms with Crippen LogP contribution in [0.1, 0.15) is 76.2 Å². The maximum atomic E-state index is 12.4. The number of carbonyl (C=O) groups excluding carboxylic acids is 1. The van der Waals surface area contributed by atoms with Crippen LogP contribution in [-0.4, -0.2) is 11.1 Å². The molecule has 3 aromatic rings. The quantitative estimate of drug-likeness (QED) is 0.423. The Balaban J connectivity index is 0.000000222. The molecule has 0 saturated heterocycles. The van der Waals surface area contributed by atoms with Gasteiger partial charge in [-0.1, -0.05) is 81.4 Å². The highest BCUT2D eigenvalue weighted by Gasteiger charge is 2.35. The van der Waals surface area contributed by atoms with Crippen LogP contribution < -0.4 is 0 Å². The Hall–Kier alpha value is -3.07. The second-order valence-electron chi connectivity index (χ2n) is 9.10. The van der Waals surface area contributed by atoms with E-state index in [9.17, 15) is 4.79 Å². The van der Waals surface area contributed by atoms with Crippen LogP contribution in [-0.2, 0) is 9.53 Å². The van der Waals surface area contributed by atoms with E-state index in [4.69, 9.17) is 9.84 Å². The third-order valence-corrected chi connectivity index (χ3v) is 6.51. The Morgan fingerprint density at radius 2 is 1.41 bits per heavy atom. The number of aromatic hydroxyl groups is 1. The number of benzene rings is 3. The largest absolute Gasteiger partial charge is 0.508 e. The molecule has 32 heavy (non-hydrogen) atoms. The van der Waals surface area contributed by atoms with Crippen LogP contribution in [0.2, 0.25) is 0 Å². The third kappa shape index (κ3) is 5.04. The van der Waals surface area contributed by atoms with Crippen molar-refractivity contribution in [2.24, 2.45) is 5.41 Å². The highest BCUT2D eigenvalue weighted by atomic mass is 16.5. The molecular weight excluding hydrogens is 396 g/mol. The first-order chi connectivity index (χ1) is 15.3. The van der Waals surface area contributed by atoms with Crippen molar-refractivity contribution in [2.75, 3.05) is 0 Å². The van der Waals surface area contributed by atoms with Crippen molar-refractivity contribution in [3.05, 3.63) is 89.5 Å². The summed E-state index contributed by atoms with van der Waals surface area (Å²) < 4.78 is 5.88. The molecule has 0 aliphatic heterocycles. The number of rotatable bonds is 5. The summed E-state index contributed by atoms with van der Waals surface area (Å²) in [5.41, 5.74) is 5.34. The molecule has 1 unspecified atom stereocenters. The van der Waals surface area contributed by atoms with Crippen molar-refractivity contribution >= 4 is 5.97 Å². The molecule has 1 aliphatic rings. The number of esters is 1. The smallest absolute Gasteiger partial charge is 0.312 e. The fraction of sp³-hybridized carbons (Fsp3) is 0.345. The van der Waals surface area contributed by atoms with Crippen molar-refractivity contribution in [1.82, 2.24) is 0 Å². The summed E-state index contributed by atoms with van der Waals surface area (Å²) in [6, 6.07) is 23.7. The van der Waals surface area contributed by atoms with Gasteiger partial charge in [0.15, 0.2) is 6.10 Å². The lowest BCUT2D eigenvalue weighted by atomic mass is 9.90. The van der Waals surface area contributed by atoms with E-state index >= 15 is 0 Å². The zero-order chi connectivity index (χ0) is 23.3. The van der Waals surface area contributed by atoms with Crippen molar-refractivity contribution in [3.8, 4) is 16.9 Å². The van der Waals surface area contributed by atoms with Crippen LogP contribution in [0.3, 0.4) is 0 Å². The minimum atomic E-state index is -0.452. The summed E-state index contributed by atoms with van der Waals surface area (Å²) in [5.74, 6) is 0.800. The summed E-state index contributed by atoms with van der Waals surface area (Å²) in [4.78, 5) is 12.4. The third-order valence-electron chi connectivity index (χ3n) is 6.51. The van der Waals surface area contributed by atoms with E-state index in [1.54, 1.807) is 12.1 Å². The van der Waals surface area contributed by atoms with Gasteiger partial charge in [-0.3, -0.25) is 4.79 Å². The Labute approximate surface area is 192 Å². The van der Waals surface area contributed by atoms with Gasteiger partial charge in [0.2, 0.25) is 0 Å². The van der Waals surface area contributed by atoms with Crippen LogP contribution in [0.15, 0.2) is 72.8 Å². The molecule has 3 heteroatoms. The topological polar surface area (TPSA) is 46.5 Å². The van der Waals surface area contributed by atoms with Crippen molar-refractivity contribution in [1.29, 1.82) is 0 Å². The summed E-state index contributed by atoms with van der Waals surface area (Å²) in [6.07, 6.45) is 1.63. The van der Waals surface area contributed by atoms with Gasteiger partial charge in [-0.25, -0.2) is 0 Å². The monoisotopic (exact) mass is 430 g/mol. The Morgan fingerprint density at radius 3 is 1.88 bits per heavy atom. The van der Waals surface area contributed by atoms with Crippen LogP contribution in [0.4, 0.5) is 0 Å². The first-order valence-corrected chi connectivity index (χ1v) is 11.5. The Kier molecular flexibility index (Phi) is 7.40. The molecule has 0 saturated carbocycles. The molecule has 0 spiro atoms. The van der Waals surface area contributed by atoms with Gasteiger partial charge in [-0.15, -0.1) is 0 Å². The molecule has 3 aromatic carbocycles. The summed E-state index contributed by atoms with van der Waals surface area (Å²) >= 11 is 0. The zero-order valence-corrected chi connectivity index (χ0v) is 19.8. The van der Waals surface area contributed by atoms with Gasteiger partial charge in [0, 0.05) is 11.1 Å². The minimum Gasteiger partial charge on any atom is -0.508 e. The average Bonchev–Trinajstić information content (AvgIpc) is 3.13. The van der Waals surface area contributed by atoms with Gasteiger partial charge in [0.1, 0.15) is 5.75 Å². The lowest BCUT2D eigenvalue weighted by Gasteiger charge is -2.24. The lowest BCUT2D eigenvalue weighted by molar-refractivity contribution is -0.158. The van der Waals surface area contributed by atoms with Crippen LogP contribution >= 0.6 is 0 Å². The summed E-state index contributed by atoms with van der Waals surface area (Å²) in [5, 5.41) is 9.01. The zero-order valence-electron chi connectivity index (χ0n) is 19.8. The molecule has 1 atom stereocenters. The number of hydrogen-bond donors (Lipinski definition) is 1. The number of carbonyl (C=O) groups is 1. The van der Waals surface area contributed by atoms with Crippen LogP contribution in [0.25, 0.3) is 11.1 Å². The van der Waals surface area contributed by atoms with E-state index < -0.39 is 5.41 Å².